The largest absolute Gasteiger partial charge is 0.398 e. The van der Waals surface area contributed by atoms with Gasteiger partial charge in [-0.25, -0.2) is 0 Å². The Hall–Kier alpha value is -2.30. The zero-order valence-corrected chi connectivity index (χ0v) is 11.1. The molecular formula is C14H17N3O2. The Morgan fingerprint density at radius 3 is 2.74 bits per heavy atom. The van der Waals surface area contributed by atoms with Gasteiger partial charge in [0.15, 0.2) is 0 Å². The Morgan fingerprint density at radius 2 is 2.16 bits per heavy atom. The van der Waals surface area contributed by atoms with E-state index in [1.54, 1.807) is 17.9 Å². The summed E-state index contributed by atoms with van der Waals surface area (Å²) in [6.07, 6.45) is 0. The predicted octanol–water partition coefficient (Wildman–Crippen LogP) is 2.23. The average Bonchev–Trinajstić information content (AvgIpc) is 2.84. The number of carbonyl (C=O) groups excluding carboxylic acids is 1. The van der Waals surface area contributed by atoms with Crippen LogP contribution in [0.1, 0.15) is 28.7 Å². The highest BCUT2D eigenvalue weighted by atomic mass is 16.5. The molecule has 0 saturated carbocycles. The van der Waals surface area contributed by atoms with E-state index >= 15 is 0 Å². The Labute approximate surface area is 112 Å². The van der Waals surface area contributed by atoms with Crippen molar-refractivity contribution in [2.24, 2.45) is 0 Å². The number of amides is 1. The first kappa shape index (κ1) is 13.1. The lowest BCUT2D eigenvalue weighted by Crippen LogP contribution is -2.30. The van der Waals surface area contributed by atoms with Gasteiger partial charge in [-0.2, -0.15) is 0 Å². The lowest BCUT2D eigenvalue weighted by atomic mass is 10.1. The third-order valence-corrected chi connectivity index (χ3v) is 2.92. The molecule has 0 spiro atoms. The molecule has 100 valence electrons. The molecule has 5 nitrogen and oxygen atoms in total. The van der Waals surface area contributed by atoms with E-state index in [2.05, 4.69) is 5.16 Å². The second kappa shape index (κ2) is 5.56. The summed E-state index contributed by atoms with van der Waals surface area (Å²) in [5.74, 6) is 0.0835. The highest BCUT2D eigenvalue weighted by Gasteiger charge is 2.19. The van der Waals surface area contributed by atoms with Crippen molar-refractivity contribution in [3.8, 4) is 0 Å². The summed E-state index contributed by atoms with van der Waals surface area (Å²) in [5.41, 5.74) is 8.19. The number of nitrogen functional groups attached to an aromatic ring is 1. The number of anilines is 1. The fourth-order valence-electron chi connectivity index (χ4n) is 1.83. The second-order valence-corrected chi connectivity index (χ2v) is 4.35. The van der Waals surface area contributed by atoms with Gasteiger partial charge in [-0.1, -0.05) is 23.4 Å². The molecule has 19 heavy (non-hydrogen) atoms. The minimum absolute atomic E-state index is 0.175. The zero-order valence-electron chi connectivity index (χ0n) is 11.1. The number of nitrogens with two attached hydrogens (primary N) is 1. The molecule has 0 aliphatic rings. The maximum absolute atomic E-state index is 12.3. The summed E-state index contributed by atoms with van der Waals surface area (Å²) in [5, 5.41) is 3.73. The minimum atomic E-state index is -0.175. The van der Waals surface area contributed by atoms with Gasteiger partial charge < -0.3 is 15.2 Å². The van der Waals surface area contributed by atoms with Crippen molar-refractivity contribution in [2.75, 3.05) is 12.3 Å². The molecule has 0 saturated heterocycles. The summed E-state index contributed by atoms with van der Waals surface area (Å²) >= 11 is 0. The first-order valence-electron chi connectivity index (χ1n) is 6.17. The van der Waals surface area contributed by atoms with Crippen LogP contribution in [0.25, 0.3) is 0 Å². The third-order valence-electron chi connectivity index (χ3n) is 2.92. The van der Waals surface area contributed by atoms with Crippen LogP contribution in [0.15, 0.2) is 34.9 Å². The molecule has 0 unspecified atom stereocenters. The fourth-order valence-corrected chi connectivity index (χ4v) is 1.83. The standard InChI is InChI=1S/C14H17N3O2/c1-3-17(9-11-6-4-5-7-12(11)15)14(18)13-8-10(2)16-19-13/h4-8H,3,9,15H2,1-2H3. The van der Waals surface area contributed by atoms with Gasteiger partial charge >= 0.3 is 0 Å². The summed E-state index contributed by atoms with van der Waals surface area (Å²) in [7, 11) is 0. The van der Waals surface area contributed by atoms with Gasteiger partial charge in [-0.3, -0.25) is 4.79 Å². The molecule has 0 bridgehead atoms. The van der Waals surface area contributed by atoms with Crippen LogP contribution in [-0.4, -0.2) is 22.5 Å². The van der Waals surface area contributed by atoms with Gasteiger partial charge in [0.25, 0.3) is 5.91 Å². The van der Waals surface area contributed by atoms with E-state index < -0.39 is 0 Å². The first-order valence-corrected chi connectivity index (χ1v) is 6.17. The molecule has 1 amide bonds. The number of para-hydroxylation sites is 1. The quantitative estimate of drug-likeness (QED) is 0.854. The van der Waals surface area contributed by atoms with Gasteiger partial charge in [-0.15, -0.1) is 0 Å². The topological polar surface area (TPSA) is 72.4 Å². The van der Waals surface area contributed by atoms with Crippen molar-refractivity contribution in [3.05, 3.63) is 47.3 Å². The molecule has 0 fully saturated rings. The molecular weight excluding hydrogens is 242 g/mol. The van der Waals surface area contributed by atoms with Crippen LogP contribution in [-0.2, 0) is 6.54 Å². The molecule has 1 aromatic carbocycles. The highest BCUT2D eigenvalue weighted by Crippen LogP contribution is 2.15. The second-order valence-electron chi connectivity index (χ2n) is 4.35. The van der Waals surface area contributed by atoms with Crippen molar-refractivity contribution >= 4 is 11.6 Å². The van der Waals surface area contributed by atoms with Gasteiger partial charge in [-0.05, 0) is 25.5 Å². The lowest BCUT2D eigenvalue weighted by Gasteiger charge is -2.20. The summed E-state index contributed by atoms with van der Waals surface area (Å²) in [4.78, 5) is 13.9. The first-order chi connectivity index (χ1) is 9.11. The Bertz CT molecular complexity index is 578. The fraction of sp³-hybridized carbons (Fsp3) is 0.286. The van der Waals surface area contributed by atoms with Crippen LogP contribution in [0.3, 0.4) is 0 Å². The lowest BCUT2D eigenvalue weighted by molar-refractivity contribution is 0.0711. The van der Waals surface area contributed by atoms with Crippen LogP contribution in [0.2, 0.25) is 0 Å². The number of aromatic nitrogens is 1. The molecule has 0 radical (unpaired) electrons. The van der Waals surface area contributed by atoms with E-state index in [1.807, 2.05) is 31.2 Å². The smallest absolute Gasteiger partial charge is 0.292 e. The molecule has 2 N–H and O–H groups in total. The Balaban J connectivity index is 2.17. The van der Waals surface area contributed by atoms with Crippen LogP contribution < -0.4 is 5.73 Å². The normalized spacial score (nSPS) is 10.4. The Kier molecular flexibility index (Phi) is 3.85. The molecule has 2 aromatic rings. The van der Waals surface area contributed by atoms with E-state index in [0.717, 1.165) is 5.56 Å². The average molecular weight is 259 g/mol. The number of nitrogens with zero attached hydrogens (tertiary/aromatic N) is 2. The number of carbonyl (C=O) groups is 1. The molecule has 2 rings (SSSR count). The van der Waals surface area contributed by atoms with Crippen molar-refractivity contribution in [2.45, 2.75) is 20.4 Å². The van der Waals surface area contributed by atoms with Crippen LogP contribution in [0.5, 0.6) is 0 Å². The van der Waals surface area contributed by atoms with Crippen molar-refractivity contribution in [1.82, 2.24) is 10.1 Å². The maximum atomic E-state index is 12.3. The van der Waals surface area contributed by atoms with Gasteiger partial charge in [0.2, 0.25) is 5.76 Å². The Morgan fingerprint density at radius 1 is 1.42 bits per heavy atom. The molecule has 5 heteroatoms. The molecule has 0 aliphatic heterocycles. The predicted molar refractivity (Wildman–Crippen MR) is 72.5 cm³/mol. The molecule has 0 atom stereocenters. The summed E-state index contributed by atoms with van der Waals surface area (Å²) in [6.45, 7) is 4.74. The maximum Gasteiger partial charge on any atom is 0.292 e. The molecule has 1 heterocycles. The van der Waals surface area contributed by atoms with Crippen LogP contribution in [0.4, 0.5) is 5.69 Å². The SMILES string of the molecule is CCN(Cc1ccccc1N)C(=O)c1cc(C)no1. The minimum Gasteiger partial charge on any atom is -0.398 e. The van der Waals surface area contributed by atoms with Crippen LogP contribution >= 0.6 is 0 Å². The summed E-state index contributed by atoms with van der Waals surface area (Å²) in [6, 6.07) is 9.15. The summed E-state index contributed by atoms with van der Waals surface area (Å²) < 4.78 is 5.00. The number of hydrogen-bond acceptors (Lipinski definition) is 4. The van der Waals surface area contributed by atoms with Gasteiger partial charge in [0.1, 0.15) is 0 Å². The van der Waals surface area contributed by atoms with Crippen LogP contribution in [0, 0.1) is 6.92 Å². The number of hydrogen-bond donors (Lipinski definition) is 1. The highest BCUT2D eigenvalue weighted by molar-refractivity contribution is 5.91. The van der Waals surface area contributed by atoms with Crippen molar-refractivity contribution in [1.29, 1.82) is 0 Å². The van der Waals surface area contributed by atoms with Crippen molar-refractivity contribution in [3.63, 3.8) is 0 Å². The number of rotatable bonds is 4. The third kappa shape index (κ3) is 2.93. The monoisotopic (exact) mass is 259 g/mol. The van der Waals surface area contributed by atoms with E-state index in [0.29, 0.717) is 24.5 Å². The number of benzene rings is 1. The van der Waals surface area contributed by atoms with E-state index in [4.69, 9.17) is 10.3 Å². The molecule has 0 aliphatic carbocycles. The van der Waals surface area contributed by atoms with Crippen molar-refractivity contribution < 1.29 is 9.32 Å². The van der Waals surface area contributed by atoms with E-state index in [1.165, 1.54) is 0 Å². The molecule has 1 aromatic heterocycles. The van der Waals surface area contributed by atoms with E-state index in [-0.39, 0.29) is 11.7 Å². The van der Waals surface area contributed by atoms with Gasteiger partial charge in [0, 0.05) is 24.8 Å². The number of aryl methyl sites for hydroxylation is 1. The van der Waals surface area contributed by atoms with E-state index in [9.17, 15) is 4.79 Å². The van der Waals surface area contributed by atoms with Gasteiger partial charge in [0.05, 0.1) is 5.69 Å². The zero-order chi connectivity index (χ0) is 13.8.